The minimum Gasteiger partial charge on any atom is -0.489 e. The first-order valence-corrected chi connectivity index (χ1v) is 6.31. The van der Waals surface area contributed by atoms with Crippen LogP contribution in [-0.4, -0.2) is 18.3 Å². The van der Waals surface area contributed by atoms with Gasteiger partial charge in [-0.3, -0.25) is 0 Å². The molecule has 0 amide bonds. The Labute approximate surface area is 120 Å². The highest BCUT2D eigenvalue weighted by molar-refractivity contribution is 5.56. The molecule has 21 heavy (non-hydrogen) atoms. The number of hydrogen-bond donors (Lipinski definition) is 2. The van der Waals surface area contributed by atoms with E-state index in [-0.39, 0.29) is 25.5 Å². The van der Waals surface area contributed by atoms with Gasteiger partial charge in [0.25, 0.3) is 0 Å². The Bertz CT molecular complexity index is 620. The molecule has 0 aliphatic rings. The third kappa shape index (κ3) is 4.13. The number of aliphatic hydroxyl groups excluding tert-OH is 1. The average molecular weight is 297 g/mol. The molecule has 2 aromatic carbocycles. The largest absolute Gasteiger partial charge is 0.489 e. The van der Waals surface area contributed by atoms with E-state index in [1.54, 1.807) is 0 Å². The molecule has 0 aliphatic carbocycles. The van der Waals surface area contributed by atoms with E-state index in [4.69, 9.17) is 9.84 Å². The van der Waals surface area contributed by atoms with Gasteiger partial charge in [-0.15, -0.1) is 0 Å². The smallest absolute Gasteiger partial charge is 0.159 e. The van der Waals surface area contributed by atoms with Gasteiger partial charge in [-0.1, -0.05) is 6.07 Å². The summed E-state index contributed by atoms with van der Waals surface area (Å²) >= 11 is 0. The van der Waals surface area contributed by atoms with E-state index in [0.29, 0.717) is 11.3 Å². The van der Waals surface area contributed by atoms with Crippen LogP contribution in [-0.2, 0) is 6.54 Å². The van der Waals surface area contributed by atoms with E-state index >= 15 is 0 Å². The summed E-state index contributed by atoms with van der Waals surface area (Å²) in [5, 5.41) is 11.7. The molecule has 0 atom stereocenters. The Balaban J connectivity index is 2.09. The molecule has 2 aromatic rings. The summed E-state index contributed by atoms with van der Waals surface area (Å²) in [4.78, 5) is 0. The van der Waals surface area contributed by atoms with E-state index in [2.05, 4.69) is 5.32 Å². The van der Waals surface area contributed by atoms with E-state index in [1.165, 1.54) is 24.3 Å². The summed E-state index contributed by atoms with van der Waals surface area (Å²) in [6.07, 6.45) is 0. The molecule has 0 unspecified atom stereocenters. The van der Waals surface area contributed by atoms with E-state index in [9.17, 15) is 13.2 Å². The molecule has 0 saturated heterocycles. The highest BCUT2D eigenvalue weighted by Gasteiger charge is 2.07. The number of hydrogen-bond acceptors (Lipinski definition) is 3. The second kappa shape index (κ2) is 6.99. The van der Waals surface area contributed by atoms with Gasteiger partial charge in [0, 0.05) is 12.6 Å². The van der Waals surface area contributed by atoms with Crippen LogP contribution in [0.1, 0.15) is 5.56 Å². The van der Waals surface area contributed by atoms with Crippen LogP contribution in [0.2, 0.25) is 0 Å². The van der Waals surface area contributed by atoms with Crippen molar-refractivity contribution < 1.29 is 23.0 Å². The van der Waals surface area contributed by atoms with Crippen molar-refractivity contribution in [3.63, 3.8) is 0 Å². The maximum Gasteiger partial charge on any atom is 0.159 e. The topological polar surface area (TPSA) is 41.5 Å². The molecule has 6 heteroatoms. The molecule has 0 heterocycles. The highest BCUT2D eigenvalue weighted by Crippen LogP contribution is 2.26. The number of benzene rings is 2. The molecule has 112 valence electrons. The van der Waals surface area contributed by atoms with Crippen molar-refractivity contribution in [1.82, 2.24) is 0 Å². The summed E-state index contributed by atoms with van der Waals surface area (Å²) in [6, 6.07) is 7.48. The Morgan fingerprint density at radius 3 is 2.52 bits per heavy atom. The van der Waals surface area contributed by atoms with Crippen LogP contribution >= 0.6 is 0 Å². The van der Waals surface area contributed by atoms with Crippen molar-refractivity contribution in [2.75, 3.05) is 18.5 Å². The van der Waals surface area contributed by atoms with Gasteiger partial charge < -0.3 is 15.2 Å². The van der Waals surface area contributed by atoms with Crippen LogP contribution in [0.3, 0.4) is 0 Å². The number of anilines is 1. The Morgan fingerprint density at radius 1 is 1.00 bits per heavy atom. The lowest BCUT2D eigenvalue weighted by atomic mass is 10.2. The predicted octanol–water partition coefficient (Wildman–Crippen LogP) is 3.09. The summed E-state index contributed by atoms with van der Waals surface area (Å²) in [6.45, 7) is 0.0563. The molecule has 0 bridgehead atoms. The normalized spacial score (nSPS) is 10.5. The number of nitrogens with one attached hydrogen (secondary N) is 1. The summed E-state index contributed by atoms with van der Waals surface area (Å²) in [5.74, 6) is -2.06. The molecule has 0 radical (unpaired) electrons. The van der Waals surface area contributed by atoms with Gasteiger partial charge in [0.15, 0.2) is 11.6 Å². The number of ether oxygens (including phenoxy) is 1. The SMILES string of the molecule is OCCOc1cc(F)ccc1NCc1ccc(F)c(F)c1. The van der Waals surface area contributed by atoms with E-state index < -0.39 is 17.5 Å². The fraction of sp³-hybridized carbons (Fsp3) is 0.200. The molecular weight excluding hydrogens is 283 g/mol. The van der Waals surface area contributed by atoms with Gasteiger partial charge >= 0.3 is 0 Å². The molecule has 2 rings (SSSR count). The standard InChI is InChI=1S/C15H14F3NO2/c16-11-2-4-14(15(8-11)21-6-5-20)19-9-10-1-3-12(17)13(18)7-10/h1-4,7-8,19-20H,5-6,9H2. The Morgan fingerprint density at radius 2 is 1.81 bits per heavy atom. The Kier molecular flexibility index (Phi) is 5.05. The zero-order valence-electron chi connectivity index (χ0n) is 11.1. The summed E-state index contributed by atoms with van der Waals surface area (Å²) < 4.78 is 44.3. The maximum absolute atomic E-state index is 13.2. The molecule has 0 saturated carbocycles. The lowest BCUT2D eigenvalue weighted by Gasteiger charge is -2.13. The quantitative estimate of drug-likeness (QED) is 0.861. The third-order valence-electron chi connectivity index (χ3n) is 2.76. The van der Waals surface area contributed by atoms with Crippen LogP contribution in [0, 0.1) is 17.5 Å². The first-order chi connectivity index (χ1) is 10.1. The predicted molar refractivity (Wildman–Crippen MR) is 72.7 cm³/mol. The fourth-order valence-electron chi connectivity index (χ4n) is 1.76. The lowest BCUT2D eigenvalue weighted by molar-refractivity contribution is 0.201. The maximum atomic E-state index is 13.2. The van der Waals surface area contributed by atoms with Crippen molar-refractivity contribution in [3.05, 3.63) is 59.4 Å². The molecule has 3 nitrogen and oxygen atoms in total. The average Bonchev–Trinajstić information content (AvgIpc) is 2.47. The molecular formula is C15H14F3NO2. The van der Waals surface area contributed by atoms with E-state index in [1.807, 2.05) is 0 Å². The van der Waals surface area contributed by atoms with Crippen molar-refractivity contribution >= 4 is 5.69 Å². The van der Waals surface area contributed by atoms with E-state index in [0.717, 1.165) is 12.1 Å². The van der Waals surface area contributed by atoms with Crippen molar-refractivity contribution in [2.45, 2.75) is 6.54 Å². The molecule has 0 fully saturated rings. The van der Waals surface area contributed by atoms with Crippen LogP contribution in [0.4, 0.5) is 18.9 Å². The summed E-state index contributed by atoms with van der Waals surface area (Å²) in [7, 11) is 0. The number of rotatable bonds is 6. The zero-order chi connectivity index (χ0) is 15.2. The van der Waals surface area contributed by atoms with Crippen LogP contribution in [0.25, 0.3) is 0 Å². The molecule has 2 N–H and O–H groups in total. The minimum absolute atomic E-state index is 0.0311. The number of halogens is 3. The molecule has 0 aliphatic heterocycles. The summed E-state index contributed by atoms with van der Waals surface area (Å²) in [5.41, 5.74) is 1.03. The third-order valence-corrected chi connectivity index (χ3v) is 2.76. The van der Waals surface area contributed by atoms with Crippen molar-refractivity contribution in [3.8, 4) is 5.75 Å². The second-order valence-electron chi connectivity index (χ2n) is 4.31. The van der Waals surface area contributed by atoms with Gasteiger partial charge in [-0.2, -0.15) is 0 Å². The van der Waals surface area contributed by atoms with Gasteiger partial charge in [0.1, 0.15) is 18.2 Å². The van der Waals surface area contributed by atoms with Gasteiger partial charge in [-0.25, -0.2) is 13.2 Å². The fourth-order valence-corrected chi connectivity index (χ4v) is 1.76. The van der Waals surface area contributed by atoms with Crippen LogP contribution < -0.4 is 10.1 Å². The highest BCUT2D eigenvalue weighted by atomic mass is 19.2. The van der Waals surface area contributed by atoms with Gasteiger partial charge in [0.05, 0.1) is 12.3 Å². The first-order valence-electron chi connectivity index (χ1n) is 6.31. The molecule has 0 aromatic heterocycles. The van der Waals surface area contributed by atoms with Crippen molar-refractivity contribution in [2.24, 2.45) is 0 Å². The van der Waals surface area contributed by atoms with Gasteiger partial charge in [0.2, 0.25) is 0 Å². The lowest BCUT2D eigenvalue weighted by Crippen LogP contribution is -2.06. The number of aliphatic hydroxyl groups is 1. The van der Waals surface area contributed by atoms with Gasteiger partial charge in [-0.05, 0) is 29.8 Å². The second-order valence-corrected chi connectivity index (χ2v) is 4.31. The minimum atomic E-state index is -0.926. The zero-order valence-corrected chi connectivity index (χ0v) is 11.1. The first kappa shape index (κ1) is 15.2. The van der Waals surface area contributed by atoms with Crippen molar-refractivity contribution in [1.29, 1.82) is 0 Å². The van der Waals surface area contributed by atoms with Crippen LogP contribution in [0.5, 0.6) is 5.75 Å². The molecule has 0 spiro atoms. The Hall–Kier alpha value is -2.21. The van der Waals surface area contributed by atoms with Crippen LogP contribution in [0.15, 0.2) is 36.4 Å². The monoisotopic (exact) mass is 297 g/mol.